The maximum Gasteiger partial charge on any atom is 0.267 e. The molecule has 2 saturated heterocycles. The molecule has 4 aromatic rings. The summed E-state index contributed by atoms with van der Waals surface area (Å²) in [4.78, 5) is 36.5. The summed E-state index contributed by atoms with van der Waals surface area (Å²) < 4.78 is 5.56. The molecule has 4 aromatic carbocycles. The molecule has 6 heteroatoms. The molecule has 2 amide bonds. The van der Waals surface area contributed by atoms with Crippen molar-refractivity contribution >= 4 is 23.2 Å². The minimum Gasteiger partial charge on any atom is -0.494 e. The number of carbonyl (C=O) groups is 2. The molecule has 0 radical (unpaired) electrons. The van der Waals surface area contributed by atoms with Crippen LogP contribution in [0, 0.1) is 0 Å². The van der Waals surface area contributed by atoms with Gasteiger partial charge in [0.15, 0.2) is 6.10 Å². The Balaban J connectivity index is 1.56. The Morgan fingerprint density at radius 2 is 1.35 bits per heavy atom. The Morgan fingerprint density at radius 1 is 0.757 bits per heavy atom. The summed E-state index contributed by atoms with van der Waals surface area (Å²) in [5, 5.41) is 1.73. The number of fused-ring (bicyclic) bond motifs is 1. The van der Waals surface area contributed by atoms with E-state index in [0.717, 1.165) is 16.8 Å². The second kappa shape index (κ2) is 9.22. The number of hydrogen-bond donors (Lipinski definition) is 0. The summed E-state index contributed by atoms with van der Waals surface area (Å²) in [5.74, 6) is -0.0282. The minimum absolute atomic E-state index is 0.315. The summed E-state index contributed by atoms with van der Waals surface area (Å²) in [5.41, 5.74) is 1.58. The summed E-state index contributed by atoms with van der Waals surface area (Å²) >= 11 is 0. The molecule has 2 heterocycles. The number of hydroxylamine groups is 1. The number of imide groups is 1. The van der Waals surface area contributed by atoms with Gasteiger partial charge in [-0.2, -0.15) is 0 Å². The molecule has 37 heavy (non-hydrogen) atoms. The fourth-order valence-corrected chi connectivity index (χ4v) is 5.52. The maximum atomic E-state index is 14.7. The van der Waals surface area contributed by atoms with Gasteiger partial charge in [-0.1, -0.05) is 78.9 Å². The lowest BCUT2D eigenvalue weighted by atomic mass is 9.69. The fourth-order valence-electron chi connectivity index (χ4n) is 5.52. The van der Waals surface area contributed by atoms with Gasteiger partial charge in [-0.3, -0.25) is 14.4 Å². The van der Waals surface area contributed by atoms with Crippen LogP contribution in [0.2, 0.25) is 0 Å². The predicted octanol–water partition coefficient (Wildman–Crippen LogP) is 5.46. The Morgan fingerprint density at radius 3 is 1.97 bits per heavy atom. The van der Waals surface area contributed by atoms with Gasteiger partial charge in [0.25, 0.3) is 5.91 Å². The number of nitrogens with zero attached hydrogens (tertiary/aromatic N) is 2. The third kappa shape index (κ3) is 3.52. The van der Waals surface area contributed by atoms with E-state index in [9.17, 15) is 9.59 Å². The average Bonchev–Trinajstić information content (AvgIpc) is 3.42. The normalized spacial score (nSPS) is 22.8. The van der Waals surface area contributed by atoms with Crippen molar-refractivity contribution in [1.29, 1.82) is 0 Å². The van der Waals surface area contributed by atoms with Crippen LogP contribution in [0.3, 0.4) is 0 Å². The monoisotopic (exact) mass is 490 g/mol. The Bertz CT molecular complexity index is 1410. The lowest BCUT2D eigenvalue weighted by Gasteiger charge is -2.35. The zero-order valence-corrected chi connectivity index (χ0v) is 20.4. The molecule has 0 aliphatic carbocycles. The predicted molar refractivity (Wildman–Crippen MR) is 141 cm³/mol. The third-order valence-electron chi connectivity index (χ3n) is 7.08. The van der Waals surface area contributed by atoms with Crippen LogP contribution >= 0.6 is 0 Å². The second-order valence-corrected chi connectivity index (χ2v) is 9.10. The number of para-hydroxylation sites is 1. The van der Waals surface area contributed by atoms with Gasteiger partial charge in [-0.25, -0.2) is 9.96 Å². The number of anilines is 2. The van der Waals surface area contributed by atoms with Gasteiger partial charge < -0.3 is 4.74 Å². The van der Waals surface area contributed by atoms with Crippen molar-refractivity contribution in [2.75, 3.05) is 16.6 Å². The number of hydrogen-bond acceptors (Lipinski definition) is 5. The number of benzene rings is 4. The van der Waals surface area contributed by atoms with Crippen LogP contribution < -0.4 is 14.7 Å². The van der Waals surface area contributed by atoms with Crippen molar-refractivity contribution in [3.63, 3.8) is 0 Å². The molecule has 0 aromatic heterocycles. The zero-order valence-electron chi connectivity index (χ0n) is 20.4. The second-order valence-electron chi connectivity index (χ2n) is 9.10. The van der Waals surface area contributed by atoms with Crippen LogP contribution in [0.5, 0.6) is 5.75 Å². The highest BCUT2D eigenvalue weighted by molar-refractivity contribution is 6.28. The first-order valence-corrected chi connectivity index (χ1v) is 12.4. The number of rotatable bonds is 6. The van der Waals surface area contributed by atoms with E-state index in [4.69, 9.17) is 9.57 Å². The van der Waals surface area contributed by atoms with Crippen molar-refractivity contribution in [1.82, 2.24) is 0 Å². The first-order chi connectivity index (χ1) is 18.2. The molecule has 0 bridgehead atoms. The molecule has 0 N–H and O–H groups in total. The van der Waals surface area contributed by atoms with E-state index in [-0.39, 0.29) is 5.91 Å². The van der Waals surface area contributed by atoms with Gasteiger partial charge in [0, 0.05) is 0 Å². The number of carbonyl (C=O) groups excluding carboxylic acids is 2. The molecule has 6 nitrogen and oxygen atoms in total. The lowest BCUT2D eigenvalue weighted by Crippen LogP contribution is -2.46. The van der Waals surface area contributed by atoms with Gasteiger partial charge in [-0.05, 0) is 54.4 Å². The molecule has 2 fully saturated rings. The van der Waals surface area contributed by atoms with Crippen LogP contribution in [-0.4, -0.2) is 24.5 Å². The summed E-state index contributed by atoms with van der Waals surface area (Å²) in [6.45, 7) is 2.44. The molecule has 184 valence electrons. The van der Waals surface area contributed by atoms with E-state index in [2.05, 4.69) is 0 Å². The minimum atomic E-state index is -1.30. The van der Waals surface area contributed by atoms with Crippen LogP contribution in [0.1, 0.15) is 24.1 Å². The maximum absolute atomic E-state index is 14.7. The Kier molecular flexibility index (Phi) is 5.74. The SMILES string of the molecule is CCOc1ccc(N2C(=O)[C@@H]3ON(c4ccccc4)[C@H](c4ccccc4)[C@]3(c3ccccc3)C2=O)cc1. The molecule has 0 spiro atoms. The number of amides is 2. The van der Waals surface area contributed by atoms with Gasteiger partial charge in [0.2, 0.25) is 5.91 Å². The van der Waals surface area contributed by atoms with Crippen LogP contribution in [0.25, 0.3) is 0 Å². The smallest absolute Gasteiger partial charge is 0.267 e. The average molecular weight is 491 g/mol. The van der Waals surface area contributed by atoms with E-state index in [1.807, 2.05) is 97.9 Å². The summed E-state index contributed by atoms with van der Waals surface area (Å²) in [7, 11) is 0. The first-order valence-electron chi connectivity index (χ1n) is 12.4. The molecule has 0 unspecified atom stereocenters. The highest BCUT2D eigenvalue weighted by atomic mass is 16.7. The van der Waals surface area contributed by atoms with Gasteiger partial charge in [0.1, 0.15) is 17.2 Å². The largest absolute Gasteiger partial charge is 0.494 e. The highest BCUT2D eigenvalue weighted by Gasteiger charge is 2.72. The molecule has 2 aliphatic rings. The van der Waals surface area contributed by atoms with Crippen molar-refractivity contribution in [3.8, 4) is 5.75 Å². The molecule has 2 aliphatic heterocycles. The van der Waals surface area contributed by atoms with Crippen LogP contribution in [0.4, 0.5) is 11.4 Å². The van der Waals surface area contributed by atoms with Crippen molar-refractivity contribution in [2.24, 2.45) is 0 Å². The van der Waals surface area contributed by atoms with Crippen molar-refractivity contribution < 1.29 is 19.2 Å². The fraction of sp³-hybridized carbons (Fsp3) is 0.161. The standard InChI is InChI=1S/C31H26N2O4/c1-2-36-26-20-18-24(19-21-26)32-29(34)28-31(30(32)35,23-14-8-4-9-15-23)27(22-12-6-3-7-13-22)33(37-28)25-16-10-5-11-17-25/h3-21,27-28H,2H2,1H3/t27-,28+,31+/m1/s1. The Hall–Kier alpha value is -4.42. The molecular weight excluding hydrogens is 464 g/mol. The summed E-state index contributed by atoms with van der Waals surface area (Å²) in [6.07, 6.45) is -1.04. The molecule has 6 rings (SSSR count). The Labute approximate surface area is 215 Å². The van der Waals surface area contributed by atoms with Crippen LogP contribution in [0.15, 0.2) is 115 Å². The quantitative estimate of drug-likeness (QED) is 0.336. The molecule has 0 saturated carbocycles. The van der Waals surface area contributed by atoms with E-state index >= 15 is 0 Å². The van der Waals surface area contributed by atoms with Gasteiger partial charge in [0.05, 0.1) is 18.0 Å². The van der Waals surface area contributed by atoms with E-state index in [1.165, 1.54) is 4.90 Å². The zero-order chi connectivity index (χ0) is 25.4. The topological polar surface area (TPSA) is 59.1 Å². The van der Waals surface area contributed by atoms with Crippen molar-refractivity contribution in [3.05, 3.63) is 126 Å². The van der Waals surface area contributed by atoms with Gasteiger partial charge >= 0.3 is 0 Å². The highest BCUT2D eigenvalue weighted by Crippen LogP contribution is 2.57. The third-order valence-corrected chi connectivity index (χ3v) is 7.08. The summed E-state index contributed by atoms with van der Waals surface area (Å²) in [6, 6.07) is 35.4. The van der Waals surface area contributed by atoms with E-state index in [1.54, 1.807) is 29.3 Å². The number of ether oxygens (including phenoxy) is 1. The molecular formula is C31H26N2O4. The lowest BCUT2D eigenvalue weighted by molar-refractivity contribution is -0.126. The van der Waals surface area contributed by atoms with Crippen molar-refractivity contribution in [2.45, 2.75) is 24.5 Å². The van der Waals surface area contributed by atoms with Gasteiger partial charge in [-0.15, -0.1) is 0 Å². The van der Waals surface area contributed by atoms with E-state index < -0.39 is 23.5 Å². The van der Waals surface area contributed by atoms with E-state index in [0.29, 0.717) is 18.0 Å². The first kappa shape index (κ1) is 23.0. The molecule has 3 atom stereocenters. The van der Waals surface area contributed by atoms with Crippen LogP contribution in [-0.2, 0) is 19.8 Å².